The van der Waals surface area contributed by atoms with Crippen molar-refractivity contribution in [1.29, 1.82) is 0 Å². The van der Waals surface area contributed by atoms with Crippen LogP contribution in [0.1, 0.15) is 48.0 Å². The summed E-state index contributed by atoms with van der Waals surface area (Å²) in [6, 6.07) is 0. The lowest BCUT2D eigenvalue weighted by molar-refractivity contribution is -0.139. The number of hydrogen-bond donors (Lipinski definition) is 1. The Balaban J connectivity index is 2.70. The number of nitrogens with zero attached hydrogens (tertiary/aromatic N) is 1. The Kier molecular flexibility index (Phi) is 5.47. The lowest BCUT2D eigenvalue weighted by atomic mass is 9.80. The van der Waals surface area contributed by atoms with Crippen LogP contribution in [0.25, 0.3) is 0 Å². The molecule has 0 aliphatic carbocycles. The first-order chi connectivity index (χ1) is 9.50. The summed E-state index contributed by atoms with van der Waals surface area (Å²) in [7, 11) is 0. The van der Waals surface area contributed by atoms with Crippen LogP contribution < -0.4 is 5.32 Å². The fraction of sp³-hybridized carbons (Fsp3) is 0.800. The first-order valence-corrected chi connectivity index (χ1v) is 8.25. The molecule has 1 heterocycles. The molecule has 21 heavy (non-hydrogen) atoms. The number of imide groups is 1. The van der Waals surface area contributed by atoms with Crippen LogP contribution in [0.2, 0.25) is 0 Å². The van der Waals surface area contributed by atoms with Crippen molar-refractivity contribution in [2.75, 3.05) is 12.4 Å². The molecular formula is C15H26N2O3S. The number of rotatable bonds is 5. The van der Waals surface area contributed by atoms with Crippen molar-refractivity contribution in [3.8, 4) is 0 Å². The van der Waals surface area contributed by atoms with Crippen LogP contribution in [0.3, 0.4) is 0 Å². The number of likely N-dealkylation sites (tertiary alicyclic amines) is 1. The molecule has 5 nitrogen and oxygen atoms in total. The molecule has 1 atom stereocenters. The molecule has 6 heteroatoms. The van der Waals surface area contributed by atoms with Gasteiger partial charge in [-0.15, -0.1) is 11.8 Å². The highest BCUT2D eigenvalue weighted by atomic mass is 32.2. The second kappa shape index (κ2) is 6.38. The molecule has 0 spiro atoms. The second-order valence-corrected chi connectivity index (χ2v) is 8.49. The quantitative estimate of drug-likeness (QED) is 0.788. The van der Waals surface area contributed by atoms with E-state index < -0.39 is 4.75 Å². The van der Waals surface area contributed by atoms with Gasteiger partial charge in [-0.25, -0.2) is 0 Å². The fourth-order valence-corrected chi connectivity index (χ4v) is 3.09. The number of thioether (sulfide) groups is 1. The first-order valence-electron chi connectivity index (χ1n) is 7.27. The molecule has 1 aliphatic rings. The summed E-state index contributed by atoms with van der Waals surface area (Å²) in [6.45, 7) is 11.9. The first kappa shape index (κ1) is 18.0. The molecule has 0 radical (unpaired) electrons. The van der Waals surface area contributed by atoms with E-state index in [-0.39, 0.29) is 41.4 Å². The summed E-state index contributed by atoms with van der Waals surface area (Å²) in [4.78, 5) is 37.6. The average Bonchev–Trinajstić information content (AvgIpc) is 2.62. The van der Waals surface area contributed by atoms with Gasteiger partial charge in [0.15, 0.2) is 0 Å². The maximum Gasteiger partial charge on any atom is 0.235 e. The fourth-order valence-electron chi connectivity index (χ4n) is 2.16. The second-order valence-electron chi connectivity index (χ2n) is 6.93. The highest BCUT2D eigenvalue weighted by Gasteiger charge is 2.45. The minimum absolute atomic E-state index is 0.0820. The predicted octanol–water partition coefficient (Wildman–Crippen LogP) is 2.01. The van der Waals surface area contributed by atoms with E-state index in [1.54, 1.807) is 13.8 Å². The van der Waals surface area contributed by atoms with Crippen LogP contribution in [0.5, 0.6) is 0 Å². The summed E-state index contributed by atoms with van der Waals surface area (Å²) in [5.74, 6) is -0.376. The van der Waals surface area contributed by atoms with Crippen molar-refractivity contribution in [3.63, 3.8) is 0 Å². The zero-order chi connectivity index (χ0) is 16.4. The van der Waals surface area contributed by atoms with E-state index in [0.717, 1.165) is 0 Å². The Morgan fingerprint density at radius 1 is 1.29 bits per heavy atom. The highest BCUT2D eigenvalue weighted by Crippen LogP contribution is 2.37. The molecule has 1 N–H and O–H groups in total. The van der Waals surface area contributed by atoms with E-state index in [0.29, 0.717) is 6.54 Å². The van der Waals surface area contributed by atoms with E-state index in [2.05, 4.69) is 5.32 Å². The minimum atomic E-state index is -0.670. The molecule has 0 bridgehead atoms. The molecule has 1 aliphatic heterocycles. The molecule has 1 fully saturated rings. The topological polar surface area (TPSA) is 66.5 Å². The summed E-state index contributed by atoms with van der Waals surface area (Å²) in [5.41, 5.74) is -0.221. The molecule has 120 valence electrons. The SMILES string of the molecule is CCNC(=O)C(C)(C)SCN1C(=O)CC(C(C)(C)C)C1=O. The average molecular weight is 314 g/mol. The van der Waals surface area contributed by atoms with Gasteiger partial charge in [-0.2, -0.15) is 0 Å². The Hall–Kier alpha value is -1.04. The van der Waals surface area contributed by atoms with Gasteiger partial charge in [0.25, 0.3) is 0 Å². The molecule has 1 unspecified atom stereocenters. The van der Waals surface area contributed by atoms with Gasteiger partial charge >= 0.3 is 0 Å². The Morgan fingerprint density at radius 2 is 1.86 bits per heavy atom. The van der Waals surface area contributed by atoms with Gasteiger partial charge in [0, 0.05) is 13.0 Å². The van der Waals surface area contributed by atoms with Crippen molar-refractivity contribution in [1.82, 2.24) is 10.2 Å². The van der Waals surface area contributed by atoms with Crippen molar-refractivity contribution < 1.29 is 14.4 Å². The van der Waals surface area contributed by atoms with Gasteiger partial charge < -0.3 is 5.32 Å². The smallest absolute Gasteiger partial charge is 0.235 e. The van der Waals surface area contributed by atoms with Crippen molar-refractivity contribution >= 4 is 29.5 Å². The summed E-state index contributed by atoms with van der Waals surface area (Å²) in [5, 5.41) is 2.77. The van der Waals surface area contributed by atoms with Crippen LogP contribution in [0.4, 0.5) is 0 Å². The summed E-state index contributed by atoms with van der Waals surface area (Å²) < 4.78 is -0.670. The lowest BCUT2D eigenvalue weighted by Crippen LogP contribution is -2.42. The predicted molar refractivity (Wildman–Crippen MR) is 84.6 cm³/mol. The number of carbonyl (C=O) groups is 3. The normalized spacial score (nSPS) is 20.1. The van der Waals surface area contributed by atoms with Crippen LogP contribution in [0.15, 0.2) is 0 Å². The van der Waals surface area contributed by atoms with Gasteiger partial charge in [0.2, 0.25) is 17.7 Å². The Bertz CT molecular complexity index is 441. The van der Waals surface area contributed by atoms with Gasteiger partial charge in [0.05, 0.1) is 16.5 Å². The number of carbonyl (C=O) groups excluding carboxylic acids is 3. The van der Waals surface area contributed by atoms with Crippen LogP contribution in [-0.4, -0.2) is 39.8 Å². The molecule has 3 amide bonds. The zero-order valence-corrected chi connectivity index (χ0v) is 14.6. The van der Waals surface area contributed by atoms with Crippen LogP contribution in [0, 0.1) is 11.3 Å². The molecule has 1 saturated heterocycles. The molecule has 1 rings (SSSR count). The minimum Gasteiger partial charge on any atom is -0.355 e. The van der Waals surface area contributed by atoms with Crippen molar-refractivity contribution in [2.24, 2.45) is 11.3 Å². The monoisotopic (exact) mass is 314 g/mol. The number of hydrogen-bond acceptors (Lipinski definition) is 4. The third kappa shape index (κ3) is 4.22. The zero-order valence-electron chi connectivity index (χ0n) is 13.8. The van der Waals surface area contributed by atoms with Gasteiger partial charge in [0.1, 0.15) is 0 Å². The maximum atomic E-state index is 12.4. The summed E-state index contributed by atoms with van der Waals surface area (Å²) in [6.07, 6.45) is 0.268. The van der Waals surface area contributed by atoms with Crippen LogP contribution >= 0.6 is 11.8 Å². The molecule has 0 saturated carbocycles. The van der Waals surface area contributed by atoms with Gasteiger partial charge in [-0.05, 0) is 26.2 Å². The van der Waals surface area contributed by atoms with Gasteiger partial charge in [-0.1, -0.05) is 20.8 Å². The third-order valence-electron chi connectivity index (χ3n) is 3.73. The Labute approximate surface area is 131 Å². The largest absolute Gasteiger partial charge is 0.355 e. The van der Waals surface area contributed by atoms with Gasteiger partial charge in [-0.3, -0.25) is 19.3 Å². The lowest BCUT2D eigenvalue weighted by Gasteiger charge is -2.27. The maximum absolute atomic E-state index is 12.4. The van der Waals surface area contributed by atoms with E-state index in [4.69, 9.17) is 0 Å². The van der Waals surface area contributed by atoms with E-state index in [9.17, 15) is 14.4 Å². The Morgan fingerprint density at radius 3 is 2.29 bits per heavy atom. The molecule has 0 aromatic heterocycles. The summed E-state index contributed by atoms with van der Waals surface area (Å²) >= 11 is 1.32. The third-order valence-corrected chi connectivity index (χ3v) is 5.02. The number of nitrogens with one attached hydrogen (secondary N) is 1. The molecule has 0 aromatic rings. The highest BCUT2D eigenvalue weighted by molar-refractivity contribution is 8.01. The van der Waals surface area contributed by atoms with E-state index in [1.807, 2.05) is 27.7 Å². The van der Waals surface area contributed by atoms with E-state index >= 15 is 0 Å². The van der Waals surface area contributed by atoms with Crippen LogP contribution in [-0.2, 0) is 14.4 Å². The standard InChI is InChI=1S/C15H26N2O3S/c1-7-16-13(20)15(5,6)21-9-17-11(18)8-10(12(17)19)14(2,3)4/h10H,7-9H2,1-6H3,(H,16,20). The van der Waals surface area contributed by atoms with Crippen molar-refractivity contribution in [2.45, 2.75) is 52.7 Å². The molecule has 0 aromatic carbocycles. The molecular weight excluding hydrogens is 288 g/mol. The van der Waals surface area contributed by atoms with Crippen molar-refractivity contribution in [3.05, 3.63) is 0 Å². The van der Waals surface area contributed by atoms with E-state index in [1.165, 1.54) is 16.7 Å². The number of amides is 3.